The second-order valence-corrected chi connectivity index (χ2v) is 6.73. The molecule has 3 aromatic rings. The number of nitrogens with zero attached hydrogens (tertiary/aromatic N) is 6. The highest BCUT2D eigenvalue weighted by Crippen LogP contribution is 2.33. The second kappa shape index (κ2) is 6.88. The van der Waals surface area contributed by atoms with Gasteiger partial charge in [0.1, 0.15) is 5.82 Å². The molecule has 0 radical (unpaired) electrons. The SMILES string of the molecule is CC(Sc1nccn1-c1ccccc1)c1nc(N)nc(N(C)C)n1. The van der Waals surface area contributed by atoms with E-state index in [9.17, 15) is 0 Å². The van der Waals surface area contributed by atoms with Crippen molar-refractivity contribution in [2.75, 3.05) is 24.7 Å². The molecule has 0 fully saturated rings. The zero-order valence-electron chi connectivity index (χ0n) is 13.8. The van der Waals surface area contributed by atoms with Crippen molar-refractivity contribution >= 4 is 23.7 Å². The first-order chi connectivity index (χ1) is 11.5. The number of anilines is 2. The Hall–Kier alpha value is -2.61. The van der Waals surface area contributed by atoms with Gasteiger partial charge in [0.05, 0.1) is 5.25 Å². The summed E-state index contributed by atoms with van der Waals surface area (Å²) < 4.78 is 2.04. The molecule has 0 saturated heterocycles. The van der Waals surface area contributed by atoms with Crippen LogP contribution < -0.4 is 10.6 Å². The number of aromatic nitrogens is 5. The van der Waals surface area contributed by atoms with E-state index in [1.165, 1.54) is 0 Å². The maximum absolute atomic E-state index is 5.81. The Morgan fingerprint density at radius 3 is 2.58 bits per heavy atom. The van der Waals surface area contributed by atoms with Crippen LogP contribution in [0, 0.1) is 0 Å². The topological polar surface area (TPSA) is 85.8 Å². The predicted octanol–water partition coefficient (Wildman–Crippen LogP) is 2.56. The quantitative estimate of drug-likeness (QED) is 0.714. The summed E-state index contributed by atoms with van der Waals surface area (Å²) in [6.45, 7) is 2.03. The van der Waals surface area contributed by atoms with E-state index >= 15 is 0 Å². The van der Waals surface area contributed by atoms with Gasteiger partial charge >= 0.3 is 0 Å². The van der Waals surface area contributed by atoms with E-state index in [0.29, 0.717) is 11.8 Å². The van der Waals surface area contributed by atoms with Crippen LogP contribution in [-0.2, 0) is 0 Å². The van der Waals surface area contributed by atoms with Gasteiger partial charge in [0.25, 0.3) is 0 Å². The summed E-state index contributed by atoms with van der Waals surface area (Å²) >= 11 is 1.58. The molecule has 0 spiro atoms. The molecule has 3 rings (SSSR count). The van der Waals surface area contributed by atoms with E-state index in [1.54, 1.807) is 18.0 Å². The number of thioether (sulfide) groups is 1. The van der Waals surface area contributed by atoms with Crippen molar-refractivity contribution in [2.24, 2.45) is 0 Å². The summed E-state index contributed by atoms with van der Waals surface area (Å²) in [7, 11) is 3.75. The van der Waals surface area contributed by atoms with E-state index in [0.717, 1.165) is 10.8 Å². The molecule has 0 aliphatic carbocycles. The van der Waals surface area contributed by atoms with Gasteiger partial charge in [-0.2, -0.15) is 15.0 Å². The maximum Gasteiger partial charge on any atom is 0.229 e. The Labute approximate surface area is 145 Å². The lowest BCUT2D eigenvalue weighted by Gasteiger charge is -2.15. The fraction of sp³-hybridized carbons (Fsp3) is 0.250. The lowest BCUT2D eigenvalue weighted by atomic mass is 10.3. The van der Waals surface area contributed by atoms with Crippen LogP contribution in [0.4, 0.5) is 11.9 Å². The largest absolute Gasteiger partial charge is 0.368 e. The molecule has 2 heterocycles. The van der Waals surface area contributed by atoms with Gasteiger partial charge in [0.2, 0.25) is 11.9 Å². The number of hydrogen-bond acceptors (Lipinski definition) is 7. The van der Waals surface area contributed by atoms with Crippen LogP contribution in [0.1, 0.15) is 18.0 Å². The van der Waals surface area contributed by atoms with E-state index in [1.807, 2.05) is 67.0 Å². The van der Waals surface area contributed by atoms with Crippen LogP contribution in [0.15, 0.2) is 47.9 Å². The third-order valence-electron chi connectivity index (χ3n) is 3.35. The van der Waals surface area contributed by atoms with Crippen LogP contribution in [0.2, 0.25) is 0 Å². The number of rotatable bonds is 5. The number of hydrogen-bond donors (Lipinski definition) is 1. The van der Waals surface area contributed by atoms with Crippen LogP contribution in [-0.4, -0.2) is 38.6 Å². The summed E-state index contributed by atoms with van der Waals surface area (Å²) in [5, 5.41) is 0.859. The van der Waals surface area contributed by atoms with Crippen LogP contribution >= 0.6 is 11.8 Å². The first-order valence-corrected chi connectivity index (χ1v) is 8.37. The highest BCUT2D eigenvalue weighted by atomic mass is 32.2. The predicted molar refractivity (Wildman–Crippen MR) is 96.4 cm³/mol. The molecular formula is C16H19N7S. The number of nitrogen functional groups attached to an aromatic ring is 1. The Balaban J connectivity index is 1.86. The third-order valence-corrected chi connectivity index (χ3v) is 4.42. The minimum Gasteiger partial charge on any atom is -0.368 e. The molecule has 0 aliphatic heterocycles. The smallest absolute Gasteiger partial charge is 0.229 e. The molecule has 1 atom stereocenters. The summed E-state index contributed by atoms with van der Waals surface area (Å²) in [6, 6.07) is 10.1. The highest BCUT2D eigenvalue weighted by Gasteiger charge is 2.17. The Morgan fingerprint density at radius 2 is 1.88 bits per heavy atom. The van der Waals surface area contributed by atoms with E-state index < -0.39 is 0 Å². The van der Waals surface area contributed by atoms with Gasteiger partial charge in [-0.25, -0.2) is 4.98 Å². The van der Waals surface area contributed by atoms with E-state index in [-0.39, 0.29) is 11.2 Å². The van der Waals surface area contributed by atoms with Crippen molar-refractivity contribution in [3.05, 3.63) is 48.5 Å². The molecule has 1 aromatic carbocycles. The average molecular weight is 341 g/mol. The van der Waals surface area contributed by atoms with Crippen molar-refractivity contribution in [3.8, 4) is 5.69 Å². The fourth-order valence-corrected chi connectivity index (χ4v) is 3.08. The zero-order valence-corrected chi connectivity index (χ0v) is 14.6. The molecule has 0 amide bonds. The molecule has 2 aromatic heterocycles. The number of para-hydroxylation sites is 1. The van der Waals surface area contributed by atoms with Crippen molar-refractivity contribution < 1.29 is 0 Å². The summed E-state index contributed by atoms with van der Waals surface area (Å²) in [5.74, 6) is 1.41. The molecule has 8 heteroatoms. The van der Waals surface area contributed by atoms with Crippen LogP contribution in [0.5, 0.6) is 0 Å². The first kappa shape index (κ1) is 16.3. The fourth-order valence-electron chi connectivity index (χ4n) is 2.15. The zero-order chi connectivity index (χ0) is 17.1. The summed E-state index contributed by atoms with van der Waals surface area (Å²) in [5.41, 5.74) is 6.87. The molecule has 1 unspecified atom stereocenters. The van der Waals surface area contributed by atoms with Gasteiger partial charge < -0.3 is 10.6 Å². The van der Waals surface area contributed by atoms with Crippen molar-refractivity contribution in [3.63, 3.8) is 0 Å². The molecule has 2 N–H and O–H groups in total. The van der Waals surface area contributed by atoms with E-state index in [2.05, 4.69) is 19.9 Å². The standard InChI is InChI=1S/C16H19N7S/c1-11(13-19-14(17)21-15(20-13)22(2)3)24-16-18-9-10-23(16)12-7-5-4-6-8-12/h4-11H,1-3H3,(H2,17,19,20,21). The maximum atomic E-state index is 5.81. The van der Waals surface area contributed by atoms with Gasteiger partial charge in [-0.1, -0.05) is 30.0 Å². The van der Waals surface area contributed by atoms with Crippen LogP contribution in [0.3, 0.4) is 0 Å². The number of imidazole rings is 1. The van der Waals surface area contributed by atoms with Gasteiger partial charge in [-0.3, -0.25) is 4.57 Å². The number of benzene rings is 1. The van der Waals surface area contributed by atoms with Crippen molar-refractivity contribution in [2.45, 2.75) is 17.3 Å². The van der Waals surface area contributed by atoms with E-state index in [4.69, 9.17) is 5.73 Å². The monoisotopic (exact) mass is 341 g/mol. The minimum absolute atomic E-state index is 0.0149. The Kier molecular flexibility index (Phi) is 4.66. The molecule has 0 aliphatic rings. The molecular weight excluding hydrogens is 322 g/mol. The van der Waals surface area contributed by atoms with Gasteiger partial charge in [0, 0.05) is 32.2 Å². The second-order valence-electron chi connectivity index (χ2n) is 5.42. The Bertz CT molecular complexity index is 816. The van der Waals surface area contributed by atoms with Gasteiger partial charge in [-0.05, 0) is 19.1 Å². The van der Waals surface area contributed by atoms with Gasteiger partial charge in [-0.15, -0.1) is 0 Å². The lowest BCUT2D eigenvalue weighted by Crippen LogP contribution is -2.16. The average Bonchev–Trinajstić information content (AvgIpc) is 3.03. The Morgan fingerprint density at radius 1 is 1.12 bits per heavy atom. The number of nitrogens with two attached hydrogens (primary N) is 1. The summed E-state index contributed by atoms with van der Waals surface area (Å²) in [6.07, 6.45) is 3.73. The highest BCUT2D eigenvalue weighted by molar-refractivity contribution is 7.99. The summed E-state index contributed by atoms with van der Waals surface area (Å²) in [4.78, 5) is 19.1. The molecule has 7 nitrogen and oxygen atoms in total. The van der Waals surface area contributed by atoms with Crippen molar-refractivity contribution in [1.29, 1.82) is 0 Å². The van der Waals surface area contributed by atoms with Crippen LogP contribution in [0.25, 0.3) is 5.69 Å². The molecule has 0 saturated carbocycles. The first-order valence-electron chi connectivity index (χ1n) is 7.49. The third kappa shape index (κ3) is 3.48. The molecule has 24 heavy (non-hydrogen) atoms. The van der Waals surface area contributed by atoms with Crippen molar-refractivity contribution in [1.82, 2.24) is 24.5 Å². The minimum atomic E-state index is -0.0149. The lowest BCUT2D eigenvalue weighted by molar-refractivity contribution is 0.847. The molecule has 124 valence electrons. The van der Waals surface area contributed by atoms with Gasteiger partial charge in [0.15, 0.2) is 5.16 Å². The normalized spacial score (nSPS) is 12.1. The molecule has 0 bridgehead atoms.